The maximum absolute atomic E-state index is 13.6. The first-order chi connectivity index (χ1) is 17.0. The highest BCUT2D eigenvalue weighted by atomic mass is 32.2. The summed E-state index contributed by atoms with van der Waals surface area (Å²) in [5, 5.41) is 38.8. The van der Waals surface area contributed by atoms with E-state index in [4.69, 9.17) is 4.74 Å². The van der Waals surface area contributed by atoms with Crippen LogP contribution in [-0.4, -0.2) is 67.0 Å². The molecule has 1 aromatic heterocycles. The van der Waals surface area contributed by atoms with Gasteiger partial charge < -0.3 is 24.8 Å². The van der Waals surface area contributed by atoms with E-state index in [0.29, 0.717) is 17.0 Å². The van der Waals surface area contributed by atoms with Gasteiger partial charge in [-0.1, -0.05) is 17.0 Å². The van der Waals surface area contributed by atoms with Crippen molar-refractivity contribution in [3.63, 3.8) is 0 Å². The van der Waals surface area contributed by atoms with Gasteiger partial charge in [0.2, 0.25) is 0 Å². The molecule has 8 nitrogen and oxygen atoms in total. The van der Waals surface area contributed by atoms with Crippen molar-refractivity contribution in [1.82, 2.24) is 15.0 Å². The van der Waals surface area contributed by atoms with Gasteiger partial charge in [0.1, 0.15) is 41.2 Å². The molecular weight excluding hydrogens is 520 g/mol. The van der Waals surface area contributed by atoms with Crippen LogP contribution in [0.3, 0.4) is 0 Å². The Kier molecular flexibility index (Phi) is 7.47. The summed E-state index contributed by atoms with van der Waals surface area (Å²) in [6.45, 7) is -0.657. The monoisotopic (exact) mass is 537 g/mol. The van der Waals surface area contributed by atoms with Crippen LogP contribution in [0.5, 0.6) is 5.75 Å². The van der Waals surface area contributed by atoms with Gasteiger partial charge in [0, 0.05) is 10.5 Å². The number of rotatable bonds is 6. The number of aliphatic hydroxyl groups is 3. The van der Waals surface area contributed by atoms with Crippen LogP contribution in [0.25, 0.3) is 11.3 Å². The molecule has 194 valence electrons. The van der Waals surface area contributed by atoms with E-state index in [-0.39, 0.29) is 11.3 Å². The lowest BCUT2D eigenvalue weighted by atomic mass is 9.97. The van der Waals surface area contributed by atoms with E-state index in [1.165, 1.54) is 12.1 Å². The molecule has 0 spiro atoms. The minimum Gasteiger partial charge on any atom is -0.406 e. The maximum Gasteiger partial charge on any atom is 0.573 e. The topological polar surface area (TPSA) is 110 Å². The van der Waals surface area contributed by atoms with Crippen LogP contribution < -0.4 is 4.74 Å². The summed E-state index contributed by atoms with van der Waals surface area (Å²) >= 11 is 0.894. The third-order valence-electron chi connectivity index (χ3n) is 5.25. The van der Waals surface area contributed by atoms with Crippen LogP contribution in [0.15, 0.2) is 47.5 Å². The van der Waals surface area contributed by atoms with Crippen LogP contribution in [0.2, 0.25) is 0 Å². The minimum absolute atomic E-state index is 0.0938. The molecule has 1 saturated heterocycles. The Balaban J connectivity index is 1.57. The molecule has 4 rings (SSSR count). The highest BCUT2D eigenvalue weighted by molar-refractivity contribution is 7.99. The third kappa shape index (κ3) is 5.59. The quantitative estimate of drug-likeness (QED) is 0.325. The highest BCUT2D eigenvalue weighted by Crippen LogP contribution is 2.39. The number of alkyl halides is 3. The van der Waals surface area contributed by atoms with Crippen molar-refractivity contribution in [3.8, 4) is 17.0 Å². The zero-order chi connectivity index (χ0) is 26.2. The van der Waals surface area contributed by atoms with Crippen LogP contribution >= 0.6 is 11.8 Å². The van der Waals surface area contributed by atoms with E-state index in [1.54, 1.807) is 0 Å². The fourth-order valence-electron chi connectivity index (χ4n) is 3.59. The molecular formula is C21H17F6N3O5S. The fraction of sp³-hybridized carbons (Fsp3) is 0.333. The molecule has 3 aromatic rings. The van der Waals surface area contributed by atoms with Gasteiger partial charge in [-0.15, -0.1) is 18.3 Å². The number of halogens is 6. The smallest absolute Gasteiger partial charge is 0.406 e. The molecule has 36 heavy (non-hydrogen) atoms. The molecule has 0 radical (unpaired) electrons. The fourth-order valence-corrected chi connectivity index (χ4v) is 4.65. The molecule has 15 heteroatoms. The summed E-state index contributed by atoms with van der Waals surface area (Å²) in [5.74, 6) is -5.02. The van der Waals surface area contributed by atoms with Gasteiger partial charge in [0.05, 0.1) is 12.8 Å². The van der Waals surface area contributed by atoms with Crippen molar-refractivity contribution < 1.29 is 51.1 Å². The van der Waals surface area contributed by atoms with E-state index in [0.717, 1.165) is 34.8 Å². The zero-order valence-corrected chi connectivity index (χ0v) is 18.6. The third-order valence-corrected chi connectivity index (χ3v) is 6.42. The second-order valence-corrected chi connectivity index (χ2v) is 8.84. The number of aliphatic hydroxyl groups excluding tert-OH is 3. The molecule has 5 atom stereocenters. The first-order valence-corrected chi connectivity index (χ1v) is 11.1. The van der Waals surface area contributed by atoms with Crippen LogP contribution in [0, 0.1) is 17.5 Å². The minimum atomic E-state index is -4.86. The number of aromatic nitrogens is 3. The van der Waals surface area contributed by atoms with E-state index in [1.807, 2.05) is 0 Å². The molecule has 0 amide bonds. The second kappa shape index (κ2) is 10.3. The predicted molar refractivity (Wildman–Crippen MR) is 111 cm³/mol. The molecule has 0 saturated carbocycles. The van der Waals surface area contributed by atoms with Crippen molar-refractivity contribution >= 4 is 11.8 Å². The number of thioether (sulfide) groups is 1. The second-order valence-electron chi connectivity index (χ2n) is 7.67. The van der Waals surface area contributed by atoms with E-state index in [9.17, 15) is 41.7 Å². The predicted octanol–water partition coefficient (Wildman–Crippen LogP) is 3.03. The molecule has 1 aliphatic rings. The molecule has 2 heterocycles. The molecule has 0 bridgehead atoms. The van der Waals surface area contributed by atoms with Crippen molar-refractivity contribution in [2.24, 2.45) is 0 Å². The number of hydrogen-bond donors (Lipinski definition) is 3. The Morgan fingerprint density at radius 1 is 1.03 bits per heavy atom. The first-order valence-electron chi connectivity index (χ1n) is 10.2. The van der Waals surface area contributed by atoms with Crippen molar-refractivity contribution in [2.45, 2.75) is 41.0 Å². The number of benzene rings is 2. The van der Waals surface area contributed by atoms with E-state index in [2.05, 4.69) is 15.0 Å². The number of hydrogen-bond acceptors (Lipinski definition) is 8. The van der Waals surface area contributed by atoms with Gasteiger partial charge in [0.15, 0.2) is 17.5 Å². The Morgan fingerprint density at radius 2 is 1.67 bits per heavy atom. The van der Waals surface area contributed by atoms with Gasteiger partial charge in [-0.25, -0.2) is 17.9 Å². The largest absolute Gasteiger partial charge is 0.573 e. The summed E-state index contributed by atoms with van der Waals surface area (Å²) in [6.07, 6.45) is -7.89. The molecule has 2 aromatic carbocycles. The van der Waals surface area contributed by atoms with Gasteiger partial charge in [-0.3, -0.25) is 0 Å². The molecule has 1 fully saturated rings. The van der Waals surface area contributed by atoms with Crippen molar-refractivity contribution in [1.29, 1.82) is 0 Å². The number of nitrogens with zero attached hydrogens (tertiary/aromatic N) is 3. The summed E-state index contributed by atoms with van der Waals surface area (Å²) in [6, 6.07) is 4.85. The average molecular weight is 537 g/mol. The summed E-state index contributed by atoms with van der Waals surface area (Å²) in [7, 11) is 0. The molecule has 3 N–H and O–H groups in total. The SMILES string of the molecule is OC[C@H]1O[C@H](Sc2ccc(OC(F)(F)F)cc2)[C@H](O)[C@@H](n2cc(-c3cc(F)c(F)c(F)c3)nn2)[C@H]1O. The standard InChI is InChI=1S/C21H17F6N3O5S/c22-12-5-9(6-13(23)16(12)24)14-7-30(29-28-14)17-18(32)15(8-31)34-20(19(17)33)36-11-3-1-10(2-4-11)35-21(25,26)27/h1-7,15,17-20,31-33H,8H2/t15-,17+,18+,19-,20-/m1/s1. The Hall–Kier alpha value is -2.85. The van der Waals surface area contributed by atoms with Crippen molar-refractivity contribution in [2.75, 3.05) is 6.61 Å². The van der Waals surface area contributed by atoms with Crippen LogP contribution in [0.4, 0.5) is 26.3 Å². The van der Waals surface area contributed by atoms with E-state index < -0.39 is 66.0 Å². The zero-order valence-electron chi connectivity index (χ0n) is 17.8. The van der Waals surface area contributed by atoms with Gasteiger partial charge >= 0.3 is 6.36 Å². The Morgan fingerprint density at radius 3 is 2.25 bits per heavy atom. The maximum atomic E-state index is 13.6. The van der Waals surface area contributed by atoms with Gasteiger partial charge in [0.25, 0.3) is 0 Å². The lowest BCUT2D eigenvalue weighted by molar-refractivity contribution is -0.274. The molecule has 1 aliphatic heterocycles. The summed E-state index contributed by atoms with van der Waals surface area (Å²) in [4.78, 5) is 0.372. The first kappa shape index (κ1) is 26.2. The van der Waals surface area contributed by atoms with Crippen LogP contribution in [0.1, 0.15) is 6.04 Å². The van der Waals surface area contributed by atoms with Crippen LogP contribution in [-0.2, 0) is 4.74 Å². The molecule has 0 aliphatic carbocycles. The molecule has 0 unspecified atom stereocenters. The summed E-state index contributed by atoms with van der Waals surface area (Å²) < 4.78 is 88.0. The van der Waals surface area contributed by atoms with Crippen molar-refractivity contribution in [3.05, 3.63) is 60.0 Å². The lowest BCUT2D eigenvalue weighted by Gasteiger charge is -2.41. The van der Waals surface area contributed by atoms with E-state index >= 15 is 0 Å². The lowest BCUT2D eigenvalue weighted by Crippen LogP contribution is -2.55. The average Bonchev–Trinajstić information content (AvgIpc) is 3.29. The van der Waals surface area contributed by atoms with Gasteiger partial charge in [-0.2, -0.15) is 0 Å². The summed E-state index contributed by atoms with van der Waals surface area (Å²) in [5.41, 5.74) is -1.37. The van der Waals surface area contributed by atoms with Gasteiger partial charge in [-0.05, 0) is 36.4 Å². The normalized spacial score (nSPS) is 24.6. The number of ether oxygens (including phenoxy) is 2. The highest BCUT2D eigenvalue weighted by Gasteiger charge is 2.46. The Bertz CT molecular complexity index is 1190. The Labute approximate surface area is 203 Å².